The fourth-order valence-electron chi connectivity index (χ4n) is 4.50. The summed E-state index contributed by atoms with van der Waals surface area (Å²) in [6.07, 6.45) is -0.270. The minimum Gasteiger partial charge on any atom is -0.340 e. The molecule has 0 aliphatic carbocycles. The average molecular weight is 407 g/mol. The van der Waals surface area contributed by atoms with Crippen LogP contribution in [0, 0.1) is 0 Å². The Hall–Kier alpha value is -2.51. The van der Waals surface area contributed by atoms with Gasteiger partial charge in [0.15, 0.2) is 0 Å². The molecule has 0 bridgehead atoms. The minimum atomic E-state index is -4.42. The fourth-order valence-corrected chi connectivity index (χ4v) is 4.50. The maximum Gasteiger partial charge on any atom is 0.416 e. The Morgan fingerprint density at radius 2 is 1.90 bits per heavy atom. The highest BCUT2D eigenvalue weighted by atomic mass is 19.4. The number of aryl methyl sites for hydroxylation is 1. The predicted octanol–water partition coefficient (Wildman–Crippen LogP) is 3.81. The first-order valence-electron chi connectivity index (χ1n) is 10.0. The van der Waals surface area contributed by atoms with Crippen LogP contribution in [0.25, 0.3) is 10.9 Å². The van der Waals surface area contributed by atoms with E-state index in [1.807, 2.05) is 4.90 Å². The molecule has 4 rings (SSSR count). The highest BCUT2D eigenvalue weighted by Gasteiger charge is 2.34. The Morgan fingerprint density at radius 3 is 2.62 bits per heavy atom. The van der Waals surface area contributed by atoms with E-state index in [1.54, 1.807) is 16.5 Å². The summed E-state index contributed by atoms with van der Waals surface area (Å²) in [5.74, 6) is -0.0498. The minimum absolute atomic E-state index is 0.0204. The van der Waals surface area contributed by atoms with Crippen LogP contribution in [-0.2, 0) is 18.0 Å². The summed E-state index contributed by atoms with van der Waals surface area (Å²) in [6.45, 7) is 1.80. The van der Waals surface area contributed by atoms with Gasteiger partial charge in [-0.3, -0.25) is 9.59 Å². The van der Waals surface area contributed by atoms with Gasteiger partial charge in [0.05, 0.1) is 5.56 Å². The Labute approximate surface area is 167 Å². The van der Waals surface area contributed by atoms with Gasteiger partial charge in [-0.25, -0.2) is 0 Å². The second-order valence-electron chi connectivity index (χ2n) is 7.95. The number of benzene rings is 1. The molecule has 1 aromatic carbocycles. The second-order valence-corrected chi connectivity index (χ2v) is 7.95. The van der Waals surface area contributed by atoms with Gasteiger partial charge in [0.1, 0.15) is 5.69 Å². The first-order valence-corrected chi connectivity index (χ1v) is 10.0. The van der Waals surface area contributed by atoms with Crippen molar-refractivity contribution in [2.45, 2.75) is 44.3 Å². The van der Waals surface area contributed by atoms with Crippen molar-refractivity contribution in [3.63, 3.8) is 0 Å². The number of aromatic nitrogens is 1. The third kappa shape index (κ3) is 3.72. The molecular formula is C21H24F3N3O2. The summed E-state index contributed by atoms with van der Waals surface area (Å²) in [6, 6.07) is 5.07. The average Bonchev–Trinajstić information content (AvgIpc) is 3.03. The summed E-state index contributed by atoms with van der Waals surface area (Å²) in [5, 5.41) is 0.394. The van der Waals surface area contributed by atoms with Gasteiger partial charge in [0.2, 0.25) is 5.91 Å². The summed E-state index contributed by atoms with van der Waals surface area (Å²) in [7, 11) is 1.69. The van der Waals surface area contributed by atoms with Gasteiger partial charge < -0.3 is 14.4 Å². The van der Waals surface area contributed by atoms with E-state index in [0.29, 0.717) is 36.1 Å². The lowest BCUT2D eigenvalue weighted by Gasteiger charge is -2.41. The molecule has 2 fully saturated rings. The fraction of sp³-hybridized carbons (Fsp3) is 0.524. The molecule has 1 unspecified atom stereocenters. The lowest BCUT2D eigenvalue weighted by atomic mass is 10.00. The van der Waals surface area contributed by atoms with E-state index in [-0.39, 0.29) is 17.9 Å². The van der Waals surface area contributed by atoms with Crippen LogP contribution in [-0.4, -0.2) is 51.9 Å². The molecule has 1 atom stereocenters. The van der Waals surface area contributed by atoms with E-state index in [1.165, 1.54) is 12.1 Å². The molecule has 3 heterocycles. The first kappa shape index (κ1) is 19.8. The van der Waals surface area contributed by atoms with Crippen LogP contribution in [0.15, 0.2) is 24.3 Å². The van der Waals surface area contributed by atoms with Crippen LogP contribution in [0.2, 0.25) is 0 Å². The number of amides is 2. The van der Waals surface area contributed by atoms with Gasteiger partial charge in [-0.2, -0.15) is 13.2 Å². The highest BCUT2D eigenvalue weighted by Crippen LogP contribution is 2.32. The molecule has 5 nitrogen and oxygen atoms in total. The number of halogens is 3. The van der Waals surface area contributed by atoms with E-state index < -0.39 is 11.7 Å². The highest BCUT2D eigenvalue weighted by molar-refractivity contribution is 5.99. The van der Waals surface area contributed by atoms with Crippen molar-refractivity contribution in [1.82, 2.24) is 14.4 Å². The van der Waals surface area contributed by atoms with E-state index in [9.17, 15) is 22.8 Å². The number of alkyl halides is 3. The van der Waals surface area contributed by atoms with Crippen molar-refractivity contribution < 1.29 is 22.8 Å². The van der Waals surface area contributed by atoms with Crippen LogP contribution in [0.4, 0.5) is 13.2 Å². The normalized spacial score (nSPS) is 21.1. The Balaban J connectivity index is 1.57. The smallest absolute Gasteiger partial charge is 0.340 e. The lowest BCUT2D eigenvalue weighted by molar-refractivity contribution is -0.138. The van der Waals surface area contributed by atoms with Crippen LogP contribution < -0.4 is 0 Å². The zero-order valence-corrected chi connectivity index (χ0v) is 16.3. The van der Waals surface area contributed by atoms with Gasteiger partial charge >= 0.3 is 6.18 Å². The van der Waals surface area contributed by atoms with E-state index in [2.05, 4.69) is 0 Å². The van der Waals surface area contributed by atoms with Crippen molar-refractivity contribution >= 4 is 22.7 Å². The summed E-state index contributed by atoms with van der Waals surface area (Å²) >= 11 is 0. The molecule has 1 aromatic heterocycles. The number of likely N-dealkylation sites (tertiary alicyclic amines) is 2. The molecule has 0 saturated carbocycles. The van der Waals surface area contributed by atoms with Gasteiger partial charge in [-0.1, -0.05) is 0 Å². The monoisotopic (exact) mass is 407 g/mol. The van der Waals surface area contributed by atoms with Crippen LogP contribution >= 0.6 is 0 Å². The van der Waals surface area contributed by atoms with Crippen molar-refractivity contribution in [3.8, 4) is 0 Å². The number of rotatable bonds is 2. The van der Waals surface area contributed by atoms with Gasteiger partial charge in [0.25, 0.3) is 5.91 Å². The maximum atomic E-state index is 13.2. The molecule has 156 valence electrons. The van der Waals surface area contributed by atoms with Gasteiger partial charge in [0, 0.05) is 50.0 Å². The van der Waals surface area contributed by atoms with Crippen LogP contribution in [0.5, 0.6) is 0 Å². The zero-order chi connectivity index (χ0) is 20.8. The van der Waals surface area contributed by atoms with Crippen molar-refractivity contribution in [2.24, 2.45) is 7.05 Å². The number of carbonyl (C=O) groups excluding carboxylic acids is 2. The number of piperidine rings is 2. The standard InChI is InChI=1S/C21H24F3N3O2/c1-25-17-8-7-15(21(22,23)24)11-14(17)12-18(25)20(29)26-9-4-5-16(13-26)27-10-3-2-6-19(27)28/h7-8,11-12,16H,2-6,9-10,13H2,1H3. The molecule has 8 heteroatoms. The topological polar surface area (TPSA) is 45.6 Å². The quantitative estimate of drug-likeness (QED) is 0.760. The third-order valence-corrected chi connectivity index (χ3v) is 6.07. The number of fused-ring (bicyclic) bond motifs is 1. The molecule has 2 saturated heterocycles. The molecule has 0 radical (unpaired) electrons. The first-order chi connectivity index (χ1) is 13.8. The Bertz CT molecular complexity index is 951. The summed E-state index contributed by atoms with van der Waals surface area (Å²) in [5.41, 5.74) is 0.224. The third-order valence-electron chi connectivity index (χ3n) is 6.07. The van der Waals surface area contributed by atoms with E-state index in [0.717, 1.165) is 44.4 Å². The summed E-state index contributed by atoms with van der Waals surface area (Å²) < 4.78 is 40.7. The molecule has 0 N–H and O–H groups in total. The van der Waals surface area contributed by atoms with Crippen LogP contribution in [0.3, 0.4) is 0 Å². The SMILES string of the molecule is Cn1c(C(=O)N2CCCC(N3CCCCC3=O)C2)cc2cc(C(F)(F)F)ccc21. The molecular weight excluding hydrogens is 383 g/mol. The predicted molar refractivity (Wildman–Crippen MR) is 102 cm³/mol. The number of nitrogens with zero attached hydrogens (tertiary/aromatic N) is 3. The van der Waals surface area contributed by atoms with Crippen molar-refractivity contribution in [1.29, 1.82) is 0 Å². The molecule has 0 spiro atoms. The zero-order valence-electron chi connectivity index (χ0n) is 16.3. The van der Waals surface area contributed by atoms with Gasteiger partial charge in [-0.05, 0) is 49.9 Å². The summed E-state index contributed by atoms with van der Waals surface area (Å²) in [4.78, 5) is 29.0. The molecule has 2 amide bonds. The lowest BCUT2D eigenvalue weighted by Crippen LogP contribution is -2.53. The molecule has 29 heavy (non-hydrogen) atoms. The molecule has 2 aliphatic rings. The van der Waals surface area contributed by atoms with E-state index >= 15 is 0 Å². The second kappa shape index (κ2) is 7.39. The maximum absolute atomic E-state index is 13.2. The number of carbonyl (C=O) groups is 2. The molecule has 2 aromatic rings. The largest absolute Gasteiger partial charge is 0.416 e. The van der Waals surface area contributed by atoms with E-state index in [4.69, 9.17) is 0 Å². The number of hydrogen-bond acceptors (Lipinski definition) is 2. The number of hydrogen-bond donors (Lipinski definition) is 0. The van der Waals surface area contributed by atoms with Crippen LogP contribution in [0.1, 0.15) is 48.2 Å². The van der Waals surface area contributed by atoms with Crippen molar-refractivity contribution in [3.05, 3.63) is 35.5 Å². The Morgan fingerprint density at radius 1 is 1.10 bits per heavy atom. The van der Waals surface area contributed by atoms with Gasteiger partial charge in [-0.15, -0.1) is 0 Å². The molecule has 2 aliphatic heterocycles. The Kier molecular flexibility index (Phi) is 5.04. The van der Waals surface area contributed by atoms with Crippen molar-refractivity contribution in [2.75, 3.05) is 19.6 Å².